The van der Waals surface area contributed by atoms with Gasteiger partial charge >= 0.3 is 0 Å². The maximum Gasteiger partial charge on any atom is 0.269 e. The van der Waals surface area contributed by atoms with Crippen LogP contribution in [0.1, 0.15) is 48.0 Å². The molecule has 0 atom stereocenters. The van der Waals surface area contributed by atoms with E-state index in [1.165, 1.54) is 10.6 Å². The summed E-state index contributed by atoms with van der Waals surface area (Å²) in [6, 6.07) is 4.90. The van der Waals surface area contributed by atoms with E-state index in [1.54, 1.807) is 18.2 Å². The van der Waals surface area contributed by atoms with Gasteiger partial charge in [-0.25, -0.2) is 8.42 Å². The van der Waals surface area contributed by atoms with Gasteiger partial charge in [0.1, 0.15) is 0 Å². The summed E-state index contributed by atoms with van der Waals surface area (Å²) in [4.78, 5) is 24.3. The summed E-state index contributed by atoms with van der Waals surface area (Å²) in [5, 5.41) is 0. The molecule has 1 fully saturated rings. The van der Waals surface area contributed by atoms with Gasteiger partial charge in [-0.05, 0) is 43.0 Å². The molecule has 1 heterocycles. The first-order valence-electron chi connectivity index (χ1n) is 8.57. The lowest BCUT2D eigenvalue weighted by Crippen LogP contribution is -2.45. The van der Waals surface area contributed by atoms with E-state index >= 15 is 0 Å². The van der Waals surface area contributed by atoms with Crippen LogP contribution in [0.3, 0.4) is 0 Å². The molecule has 2 amide bonds. The van der Waals surface area contributed by atoms with Crippen molar-refractivity contribution in [2.45, 2.75) is 38.5 Å². The van der Waals surface area contributed by atoms with Crippen molar-refractivity contribution < 1.29 is 18.0 Å². The van der Waals surface area contributed by atoms with Crippen molar-refractivity contribution in [1.82, 2.24) is 10.9 Å². The smallest absolute Gasteiger partial charge is 0.269 e. The number of benzene rings is 1. The van der Waals surface area contributed by atoms with E-state index in [0.717, 1.165) is 37.7 Å². The zero-order chi connectivity index (χ0) is 18.0. The van der Waals surface area contributed by atoms with Gasteiger partial charge in [0.05, 0.1) is 11.9 Å². The molecule has 0 saturated heterocycles. The molecule has 0 unspecified atom stereocenters. The molecule has 2 aliphatic rings. The number of nitrogens with zero attached hydrogens (tertiary/aromatic N) is 1. The Morgan fingerprint density at radius 1 is 1.12 bits per heavy atom. The van der Waals surface area contributed by atoms with Gasteiger partial charge in [-0.3, -0.25) is 24.7 Å². The van der Waals surface area contributed by atoms with Crippen molar-refractivity contribution in [2.24, 2.45) is 5.92 Å². The molecule has 1 aliphatic heterocycles. The first-order chi connectivity index (χ1) is 11.9. The number of rotatable bonds is 3. The Hall–Kier alpha value is -2.09. The molecule has 2 N–H and O–H groups in total. The Morgan fingerprint density at radius 2 is 1.84 bits per heavy atom. The lowest BCUT2D eigenvalue weighted by Gasteiger charge is -2.20. The minimum absolute atomic E-state index is 0.0302. The van der Waals surface area contributed by atoms with Crippen LogP contribution in [0.25, 0.3) is 0 Å². The summed E-state index contributed by atoms with van der Waals surface area (Å²) in [7, 11) is -3.31. The summed E-state index contributed by atoms with van der Waals surface area (Å²) in [5.74, 6) is -0.570. The second-order valence-electron chi connectivity index (χ2n) is 6.71. The topological polar surface area (TPSA) is 95.6 Å². The fraction of sp³-hybridized carbons (Fsp3) is 0.529. The number of anilines is 1. The molecule has 25 heavy (non-hydrogen) atoms. The summed E-state index contributed by atoms with van der Waals surface area (Å²) in [5.41, 5.74) is 6.80. The lowest BCUT2D eigenvalue weighted by atomic mass is 9.89. The van der Waals surface area contributed by atoms with E-state index in [9.17, 15) is 18.0 Å². The maximum atomic E-state index is 12.3. The van der Waals surface area contributed by atoms with Gasteiger partial charge in [0.15, 0.2) is 0 Å². The third-order valence-electron chi connectivity index (χ3n) is 4.87. The number of hydrogen-bond donors (Lipinski definition) is 2. The van der Waals surface area contributed by atoms with Crippen LogP contribution in [0.2, 0.25) is 0 Å². The molecule has 0 radical (unpaired) electrons. The fourth-order valence-corrected chi connectivity index (χ4v) is 4.47. The molecule has 0 spiro atoms. The van der Waals surface area contributed by atoms with E-state index in [0.29, 0.717) is 24.2 Å². The highest BCUT2D eigenvalue weighted by atomic mass is 32.2. The van der Waals surface area contributed by atoms with E-state index in [2.05, 4.69) is 10.9 Å². The van der Waals surface area contributed by atoms with Gasteiger partial charge in [-0.15, -0.1) is 0 Å². The first kappa shape index (κ1) is 17.7. The molecule has 0 bridgehead atoms. The summed E-state index contributed by atoms with van der Waals surface area (Å²) < 4.78 is 24.8. The normalized spacial score (nSPS) is 17.9. The predicted molar refractivity (Wildman–Crippen MR) is 94.5 cm³/mol. The van der Waals surface area contributed by atoms with Crippen molar-refractivity contribution in [3.05, 3.63) is 29.3 Å². The van der Waals surface area contributed by atoms with Gasteiger partial charge in [-0.1, -0.05) is 19.3 Å². The Morgan fingerprint density at radius 3 is 2.52 bits per heavy atom. The van der Waals surface area contributed by atoms with E-state index in [1.807, 2.05) is 0 Å². The molecule has 8 heteroatoms. The van der Waals surface area contributed by atoms with Crippen molar-refractivity contribution in [1.29, 1.82) is 0 Å². The van der Waals surface area contributed by atoms with Gasteiger partial charge in [0, 0.05) is 18.0 Å². The van der Waals surface area contributed by atoms with Crippen molar-refractivity contribution in [3.63, 3.8) is 0 Å². The number of carbonyl (C=O) groups excluding carboxylic acids is 2. The third kappa shape index (κ3) is 3.95. The Kier molecular flexibility index (Phi) is 4.99. The Balaban J connectivity index is 1.63. The standard InChI is InChI=1S/C17H23N3O4S/c1-25(23,24)20-10-9-13-11-14(7-8-15(13)20)17(22)19-18-16(21)12-5-3-2-4-6-12/h7-8,11-12H,2-6,9-10H2,1H3,(H,18,21)(H,19,22). The van der Waals surface area contributed by atoms with Crippen LogP contribution in [0.5, 0.6) is 0 Å². The number of nitrogens with one attached hydrogen (secondary N) is 2. The van der Waals surface area contributed by atoms with Crippen LogP contribution < -0.4 is 15.2 Å². The van der Waals surface area contributed by atoms with Gasteiger partial charge < -0.3 is 0 Å². The van der Waals surface area contributed by atoms with Crippen molar-refractivity contribution >= 4 is 27.5 Å². The zero-order valence-corrected chi connectivity index (χ0v) is 15.1. The number of sulfonamides is 1. The average molecular weight is 365 g/mol. The highest BCUT2D eigenvalue weighted by Gasteiger charge is 2.27. The monoisotopic (exact) mass is 365 g/mol. The molecule has 1 saturated carbocycles. The number of carbonyl (C=O) groups is 2. The SMILES string of the molecule is CS(=O)(=O)N1CCc2cc(C(=O)NNC(=O)C3CCCCC3)ccc21. The van der Waals surface area contributed by atoms with Gasteiger partial charge in [0.2, 0.25) is 15.9 Å². The van der Waals surface area contributed by atoms with Crippen LogP contribution in [0, 0.1) is 5.92 Å². The molecule has 1 aromatic carbocycles. The average Bonchev–Trinajstić information content (AvgIpc) is 3.03. The molecule has 7 nitrogen and oxygen atoms in total. The number of amides is 2. The number of hydrazine groups is 1. The number of hydrogen-bond acceptors (Lipinski definition) is 4. The van der Waals surface area contributed by atoms with Crippen LogP contribution in [0.4, 0.5) is 5.69 Å². The molecule has 3 rings (SSSR count). The van der Waals surface area contributed by atoms with Gasteiger partial charge in [0.25, 0.3) is 5.91 Å². The second-order valence-corrected chi connectivity index (χ2v) is 8.61. The highest BCUT2D eigenvalue weighted by molar-refractivity contribution is 7.92. The minimum atomic E-state index is -3.31. The third-order valence-corrected chi connectivity index (χ3v) is 6.05. The van der Waals surface area contributed by atoms with Crippen LogP contribution in [0.15, 0.2) is 18.2 Å². The Bertz CT molecular complexity index is 785. The molecular weight excluding hydrogens is 342 g/mol. The summed E-state index contributed by atoms with van der Waals surface area (Å²) >= 11 is 0. The Labute approximate surface area is 147 Å². The number of fused-ring (bicyclic) bond motifs is 1. The minimum Gasteiger partial charge on any atom is -0.273 e. The lowest BCUT2D eigenvalue weighted by molar-refractivity contribution is -0.126. The quantitative estimate of drug-likeness (QED) is 0.791. The zero-order valence-electron chi connectivity index (χ0n) is 14.2. The fourth-order valence-electron chi connectivity index (χ4n) is 3.51. The van der Waals surface area contributed by atoms with Crippen LogP contribution in [-0.2, 0) is 21.2 Å². The van der Waals surface area contributed by atoms with Crippen LogP contribution in [-0.4, -0.2) is 33.0 Å². The molecule has 136 valence electrons. The summed E-state index contributed by atoms with van der Waals surface area (Å²) in [6.45, 7) is 0.387. The van der Waals surface area contributed by atoms with Crippen LogP contribution >= 0.6 is 0 Å². The molecular formula is C17H23N3O4S. The van der Waals surface area contributed by atoms with Gasteiger partial charge in [-0.2, -0.15) is 0 Å². The highest BCUT2D eigenvalue weighted by Crippen LogP contribution is 2.30. The molecule has 1 aliphatic carbocycles. The van der Waals surface area contributed by atoms with E-state index in [-0.39, 0.29) is 11.8 Å². The van der Waals surface area contributed by atoms with Crippen molar-refractivity contribution in [2.75, 3.05) is 17.1 Å². The van der Waals surface area contributed by atoms with E-state index < -0.39 is 15.9 Å². The largest absolute Gasteiger partial charge is 0.273 e. The summed E-state index contributed by atoms with van der Waals surface area (Å²) in [6.07, 6.45) is 6.72. The van der Waals surface area contributed by atoms with E-state index in [4.69, 9.17) is 0 Å². The maximum absolute atomic E-state index is 12.3. The molecule has 1 aromatic rings. The molecule has 0 aromatic heterocycles. The second kappa shape index (κ2) is 7.03. The first-order valence-corrected chi connectivity index (χ1v) is 10.4. The predicted octanol–water partition coefficient (Wildman–Crippen LogP) is 1.35. The van der Waals surface area contributed by atoms with Crippen molar-refractivity contribution in [3.8, 4) is 0 Å².